The highest BCUT2D eigenvalue weighted by Gasteiger charge is 2.34. The van der Waals surface area contributed by atoms with Gasteiger partial charge in [-0.3, -0.25) is 0 Å². The van der Waals surface area contributed by atoms with Crippen molar-refractivity contribution in [3.05, 3.63) is 17.0 Å². The lowest BCUT2D eigenvalue weighted by Gasteiger charge is -2.34. The average Bonchev–Trinajstić information content (AvgIpc) is 2.37. The van der Waals surface area contributed by atoms with Gasteiger partial charge in [0.15, 0.2) is 4.75 Å². The standard InChI is InChI=1S/C15H24ClN3OS/c1-10(2)21-15(4,5)12-8-13(18-14(16)17-12)19-6-7-20-9-11(19)3/h8,10-11H,6-7,9H2,1-5H3/p+1/t11-/m0/s1. The van der Waals surface area contributed by atoms with Crippen molar-refractivity contribution < 1.29 is 4.74 Å². The summed E-state index contributed by atoms with van der Waals surface area (Å²) in [6, 6.07) is 2.40. The van der Waals surface area contributed by atoms with Crippen LogP contribution in [0.2, 0.25) is 5.28 Å². The molecule has 1 aliphatic rings. The van der Waals surface area contributed by atoms with Gasteiger partial charge in [-0.25, -0.2) is 9.97 Å². The molecule has 0 unspecified atom stereocenters. The van der Waals surface area contributed by atoms with Crippen LogP contribution in [0, 0.1) is 0 Å². The maximum atomic E-state index is 6.18. The first-order chi connectivity index (χ1) is 9.79. The van der Waals surface area contributed by atoms with Crippen LogP contribution in [0.4, 0.5) is 5.82 Å². The molecular formula is C15H25ClN3OS+. The summed E-state index contributed by atoms with van der Waals surface area (Å²) in [7, 11) is 0. The molecule has 6 heteroatoms. The molecule has 0 aromatic carbocycles. The molecule has 1 atom stereocenters. The summed E-state index contributed by atoms with van der Waals surface area (Å²) in [5.41, 5.74) is 1.01. The van der Waals surface area contributed by atoms with Crippen LogP contribution in [0.25, 0.3) is 0 Å². The number of ether oxygens (including phenoxy) is 1. The summed E-state index contributed by atoms with van der Waals surface area (Å²) >= 11 is 7.52. The van der Waals surface area contributed by atoms with Crippen molar-refractivity contribution in [2.45, 2.75) is 50.7 Å². The van der Waals surface area contributed by atoms with Crippen molar-refractivity contribution in [3.63, 3.8) is 0 Å². The summed E-state index contributed by atoms with van der Waals surface area (Å²) in [4.78, 5) is 11.1. The van der Waals surface area contributed by atoms with Gasteiger partial charge in [-0.05, 0) is 58.0 Å². The predicted octanol–water partition coefficient (Wildman–Crippen LogP) is 2.81. The van der Waals surface area contributed by atoms with E-state index in [4.69, 9.17) is 16.3 Å². The Labute approximate surface area is 136 Å². The first kappa shape index (κ1) is 16.8. The van der Waals surface area contributed by atoms with Gasteiger partial charge in [0.2, 0.25) is 5.28 Å². The number of hydrogen-bond donors (Lipinski definition) is 0. The first-order valence-electron chi connectivity index (χ1n) is 7.41. The van der Waals surface area contributed by atoms with E-state index in [1.54, 1.807) is 0 Å². The zero-order valence-electron chi connectivity index (χ0n) is 13.4. The highest BCUT2D eigenvalue weighted by molar-refractivity contribution is 7.80. The van der Waals surface area contributed by atoms with Crippen molar-refractivity contribution in [1.29, 1.82) is 0 Å². The second-order valence-electron chi connectivity index (χ2n) is 6.28. The molecule has 1 aromatic heterocycles. The fraction of sp³-hybridized carbons (Fsp3) is 0.733. The van der Waals surface area contributed by atoms with E-state index in [1.807, 2.05) is 0 Å². The number of hydrogen-bond acceptors (Lipinski definition) is 4. The summed E-state index contributed by atoms with van der Waals surface area (Å²) < 4.78 is 5.46. The third-order valence-corrected chi connectivity index (χ3v) is 5.12. The highest BCUT2D eigenvalue weighted by atomic mass is 35.5. The molecule has 0 spiro atoms. The van der Waals surface area contributed by atoms with Crippen LogP contribution in [-0.2, 0) is 21.2 Å². The third-order valence-electron chi connectivity index (χ3n) is 3.56. The topological polar surface area (TPSA) is 38.2 Å². The molecule has 21 heavy (non-hydrogen) atoms. The third kappa shape index (κ3) is 4.24. The Balaban J connectivity index is 2.32. The maximum Gasteiger partial charge on any atom is 0.224 e. The summed E-state index contributed by atoms with van der Waals surface area (Å²) in [6.07, 6.45) is 0. The zero-order chi connectivity index (χ0) is 15.6. The molecule has 0 saturated carbocycles. The van der Waals surface area contributed by atoms with E-state index in [9.17, 15) is 0 Å². The smallest absolute Gasteiger partial charge is 0.224 e. The number of thiol groups is 1. The molecule has 1 fully saturated rings. The van der Waals surface area contributed by atoms with Crippen molar-refractivity contribution in [2.24, 2.45) is 0 Å². The Hall–Kier alpha value is -0.520. The van der Waals surface area contributed by atoms with Gasteiger partial charge in [-0.2, -0.15) is 0 Å². The summed E-state index contributed by atoms with van der Waals surface area (Å²) in [6.45, 7) is 13.3. The Bertz CT molecular complexity index is 496. The zero-order valence-corrected chi connectivity index (χ0v) is 15.1. The van der Waals surface area contributed by atoms with Gasteiger partial charge in [0.05, 0.1) is 19.3 Å². The quantitative estimate of drug-likeness (QED) is 0.483. The van der Waals surface area contributed by atoms with Crippen molar-refractivity contribution in [1.82, 2.24) is 9.97 Å². The van der Waals surface area contributed by atoms with Crippen LogP contribution in [0.15, 0.2) is 6.07 Å². The summed E-state index contributed by atoms with van der Waals surface area (Å²) in [5, 5.41) is 0.910. The fourth-order valence-corrected chi connectivity index (χ4v) is 4.36. The van der Waals surface area contributed by atoms with Gasteiger partial charge in [0.1, 0.15) is 16.8 Å². The number of anilines is 1. The SMILES string of the molecule is CC(C)[SH+]C(C)(C)c1cc(N2CCOC[C@@H]2C)nc(Cl)n1. The molecule has 4 nitrogen and oxygen atoms in total. The molecule has 0 N–H and O–H groups in total. The number of halogens is 1. The Kier molecular flexibility index (Phi) is 5.38. The molecule has 1 aliphatic heterocycles. The predicted molar refractivity (Wildman–Crippen MR) is 91.6 cm³/mol. The Morgan fingerprint density at radius 3 is 2.76 bits per heavy atom. The highest BCUT2D eigenvalue weighted by Crippen LogP contribution is 2.29. The minimum Gasteiger partial charge on any atom is -0.377 e. The van der Waals surface area contributed by atoms with E-state index >= 15 is 0 Å². The lowest BCUT2D eigenvalue weighted by atomic mass is 10.1. The lowest BCUT2D eigenvalue weighted by molar-refractivity contribution is 0.0985. The molecular weight excluding hydrogens is 306 g/mol. The van der Waals surface area contributed by atoms with E-state index in [1.165, 1.54) is 11.8 Å². The normalized spacial score (nSPS) is 20.1. The molecule has 0 amide bonds. The Morgan fingerprint density at radius 2 is 2.14 bits per heavy atom. The molecule has 118 valence electrons. The molecule has 0 bridgehead atoms. The second-order valence-corrected chi connectivity index (χ2v) is 9.03. The van der Waals surface area contributed by atoms with Crippen LogP contribution in [0.5, 0.6) is 0 Å². The lowest BCUT2D eigenvalue weighted by Crippen LogP contribution is -2.44. The van der Waals surface area contributed by atoms with Crippen LogP contribution in [0.3, 0.4) is 0 Å². The largest absolute Gasteiger partial charge is 0.377 e. The maximum absolute atomic E-state index is 6.18. The molecule has 1 aromatic rings. The van der Waals surface area contributed by atoms with Gasteiger partial charge in [-0.1, -0.05) is 0 Å². The minimum absolute atomic E-state index is 0.0367. The average molecular weight is 331 g/mol. The van der Waals surface area contributed by atoms with E-state index in [0.717, 1.165) is 31.3 Å². The second kappa shape index (κ2) is 6.71. The molecule has 2 rings (SSSR count). The molecule has 0 aliphatic carbocycles. The van der Waals surface area contributed by atoms with Crippen LogP contribution in [-0.4, -0.2) is 41.0 Å². The van der Waals surface area contributed by atoms with E-state index < -0.39 is 0 Å². The van der Waals surface area contributed by atoms with Crippen molar-refractivity contribution in [3.8, 4) is 0 Å². The number of nitrogens with zero attached hydrogens (tertiary/aromatic N) is 3. The minimum atomic E-state index is -0.0367. The monoisotopic (exact) mass is 330 g/mol. The van der Waals surface area contributed by atoms with Gasteiger partial charge in [0, 0.05) is 12.6 Å². The van der Waals surface area contributed by atoms with Crippen LogP contribution >= 0.6 is 11.6 Å². The van der Waals surface area contributed by atoms with Gasteiger partial charge in [-0.15, -0.1) is 0 Å². The van der Waals surface area contributed by atoms with Gasteiger partial charge < -0.3 is 9.64 Å². The van der Waals surface area contributed by atoms with E-state index in [2.05, 4.69) is 55.6 Å². The molecule has 2 heterocycles. The van der Waals surface area contributed by atoms with Gasteiger partial charge >= 0.3 is 0 Å². The van der Waals surface area contributed by atoms with Gasteiger partial charge in [0.25, 0.3) is 0 Å². The van der Waals surface area contributed by atoms with Crippen molar-refractivity contribution in [2.75, 3.05) is 24.7 Å². The Morgan fingerprint density at radius 1 is 1.43 bits per heavy atom. The summed E-state index contributed by atoms with van der Waals surface area (Å²) in [5.74, 6) is 0.910. The number of aromatic nitrogens is 2. The molecule has 0 radical (unpaired) electrons. The van der Waals surface area contributed by atoms with Crippen molar-refractivity contribution >= 4 is 29.2 Å². The van der Waals surface area contributed by atoms with E-state index in [0.29, 0.717) is 16.6 Å². The van der Waals surface area contributed by atoms with Crippen LogP contribution in [0.1, 0.15) is 40.3 Å². The fourth-order valence-electron chi connectivity index (χ4n) is 2.65. The molecule has 1 saturated heterocycles. The van der Waals surface area contributed by atoms with Crippen LogP contribution < -0.4 is 4.90 Å². The number of morpholine rings is 1. The first-order valence-corrected chi connectivity index (χ1v) is 8.75. The van der Waals surface area contributed by atoms with E-state index in [-0.39, 0.29) is 4.75 Å². The number of rotatable bonds is 4.